The molecule has 0 fully saturated rings. The second-order valence-electron chi connectivity index (χ2n) is 7.63. The maximum absolute atomic E-state index is 11.3. The molecule has 1 N–H and O–H groups in total. The van der Waals surface area contributed by atoms with E-state index in [0.29, 0.717) is 23.9 Å². The van der Waals surface area contributed by atoms with Gasteiger partial charge in [0, 0.05) is 22.4 Å². The van der Waals surface area contributed by atoms with Gasteiger partial charge in [-0.2, -0.15) is 0 Å². The first-order valence-corrected chi connectivity index (χ1v) is 11.6. The van der Waals surface area contributed by atoms with Gasteiger partial charge >= 0.3 is 5.97 Å². The number of aromatic carboxylic acids is 1. The van der Waals surface area contributed by atoms with Gasteiger partial charge in [0.25, 0.3) is 0 Å². The van der Waals surface area contributed by atoms with Crippen LogP contribution in [0, 0.1) is 0 Å². The Morgan fingerprint density at radius 3 is 2.65 bits per heavy atom. The van der Waals surface area contributed by atoms with Crippen LogP contribution in [0.15, 0.2) is 88.3 Å². The minimum atomic E-state index is -0.963. The number of methoxy groups -OCH3 is 1. The summed E-state index contributed by atoms with van der Waals surface area (Å²) < 4.78 is 17.5. The first-order valence-electron chi connectivity index (χ1n) is 10.6. The zero-order valence-electron chi connectivity index (χ0n) is 18.4. The number of carbonyl (C=O) groups is 1. The Morgan fingerprint density at radius 2 is 1.85 bits per heavy atom. The summed E-state index contributed by atoms with van der Waals surface area (Å²) in [6.45, 7) is 0.422. The molecule has 0 aliphatic carbocycles. The van der Waals surface area contributed by atoms with E-state index in [1.54, 1.807) is 43.1 Å². The highest BCUT2D eigenvalue weighted by Crippen LogP contribution is 2.37. The fourth-order valence-electron chi connectivity index (χ4n) is 3.68. The average molecular weight is 472 g/mol. The van der Waals surface area contributed by atoms with Crippen LogP contribution in [0.2, 0.25) is 0 Å². The predicted molar refractivity (Wildman–Crippen MR) is 133 cm³/mol. The lowest BCUT2D eigenvalue weighted by Crippen LogP contribution is -2.11. The molecule has 0 unspecified atom stereocenters. The Hall–Kier alpha value is -3.97. The van der Waals surface area contributed by atoms with Crippen molar-refractivity contribution in [3.63, 3.8) is 0 Å². The first-order chi connectivity index (χ1) is 16.6. The Labute approximate surface area is 200 Å². The van der Waals surface area contributed by atoms with Crippen molar-refractivity contribution < 1.29 is 23.8 Å². The van der Waals surface area contributed by atoms with E-state index < -0.39 is 5.97 Å². The molecule has 0 radical (unpaired) electrons. The molecule has 1 aliphatic heterocycles. The molecule has 0 amide bonds. The van der Waals surface area contributed by atoms with E-state index in [-0.39, 0.29) is 5.56 Å². The van der Waals surface area contributed by atoms with Crippen molar-refractivity contribution in [3.8, 4) is 34.1 Å². The van der Waals surface area contributed by atoms with Crippen LogP contribution >= 0.6 is 11.8 Å². The number of para-hydroxylation sites is 2. The number of thioether (sulfide) groups is 1. The third kappa shape index (κ3) is 4.56. The summed E-state index contributed by atoms with van der Waals surface area (Å²) in [6.07, 6.45) is 0. The molecule has 1 aliphatic rings. The molecule has 2 heterocycles. The van der Waals surface area contributed by atoms with E-state index in [2.05, 4.69) is 0 Å². The van der Waals surface area contributed by atoms with E-state index >= 15 is 0 Å². The van der Waals surface area contributed by atoms with Gasteiger partial charge in [-0.15, -0.1) is 11.8 Å². The predicted octanol–water partition coefficient (Wildman–Crippen LogP) is 6.68. The molecule has 4 aromatic rings. The van der Waals surface area contributed by atoms with E-state index in [1.165, 1.54) is 0 Å². The summed E-state index contributed by atoms with van der Waals surface area (Å²) >= 11 is 1.59. The normalized spacial score (nSPS) is 12.4. The minimum absolute atomic E-state index is 0.228. The molecule has 0 spiro atoms. The SMILES string of the molecule is COc1cccc(-c2cc(CSC3=Nc4ccccc4OC3)c(-c3ccc(C(=O)O)cc3)o2)c1. The third-order valence-corrected chi connectivity index (χ3v) is 6.41. The summed E-state index contributed by atoms with van der Waals surface area (Å²) in [5.41, 5.74) is 3.73. The van der Waals surface area contributed by atoms with Crippen LogP contribution in [0.4, 0.5) is 5.69 Å². The number of rotatable bonds is 6. The molecule has 170 valence electrons. The van der Waals surface area contributed by atoms with Crippen LogP contribution in [0.5, 0.6) is 11.5 Å². The molecule has 0 saturated heterocycles. The highest BCUT2D eigenvalue weighted by Gasteiger charge is 2.18. The molecule has 0 bridgehead atoms. The Bertz CT molecular complexity index is 1370. The van der Waals surface area contributed by atoms with Gasteiger partial charge in [0.05, 0.1) is 12.7 Å². The number of ether oxygens (including phenoxy) is 2. The average Bonchev–Trinajstić information content (AvgIpc) is 3.32. The van der Waals surface area contributed by atoms with Crippen molar-refractivity contribution in [1.82, 2.24) is 0 Å². The van der Waals surface area contributed by atoms with Crippen molar-refractivity contribution >= 4 is 28.5 Å². The van der Waals surface area contributed by atoms with E-state index in [9.17, 15) is 9.90 Å². The van der Waals surface area contributed by atoms with Crippen LogP contribution in [0.25, 0.3) is 22.6 Å². The summed E-state index contributed by atoms with van der Waals surface area (Å²) in [6, 6.07) is 24.1. The molecule has 6 nitrogen and oxygen atoms in total. The fourth-order valence-corrected chi connectivity index (χ4v) is 4.52. The van der Waals surface area contributed by atoms with E-state index in [1.807, 2.05) is 54.6 Å². The van der Waals surface area contributed by atoms with Crippen molar-refractivity contribution in [1.29, 1.82) is 0 Å². The van der Waals surface area contributed by atoms with Gasteiger partial charge in [-0.05, 0) is 42.5 Å². The number of benzene rings is 3. The number of furan rings is 1. The number of hydrogen-bond donors (Lipinski definition) is 1. The molecule has 0 saturated carbocycles. The topological polar surface area (TPSA) is 81.3 Å². The molecule has 34 heavy (non-hydrogen) atoms. The Kier molecular flexibility index (Phi) is 6.10. The fraction of sp³-hybridized carbons (Fsp3) is 0.111. The molecule has 5 rings (SSSR count). The van der Waals surface area contributed by atoms with Gasteiger partial charge in [0.15, 0.2) is 0 Å². The highest BCUT2D eigenvalue weighted by atomic mass is 32.2. The maximum atomic E-state index is 11.3. The highest BCUT2D eigenvalue weighted by molar-refractivity contribution is 8.13. The van der Waals surface area contributed by atoms with Gasteiger partial charge in [-0.3, -0.25) is 0 Å². The number of nitrogens with zero attached hydrogens (tertiary/aromatic N) is 1. The number of hydrogen-bond acceptors (Lipinski definition) is 6. The molecule has 3 aromatic carbocycles. The summed E-state index contributed by atoms with van der Waals surface area (Å²) in [5, 5.41) is 10.1. The lowest BCUT2D eigenvalue weighted by molar-refractivity contribution is 0.0697. The van der Waals surface area contributed by atoms with Crippen LogP contribution < -0.4 is 9.47 Å². The van der Waals surface area contributed by atoms with Gasteiger partial charge in [0.2, 0.25) is 0 Å². The first kappa shape index (κ1) is 21.9. The molecule has 7 heteroatoms. The van der Waals surface area contributed by atoms with Crippen LogP contribution in [0.3, 0.4) is 0 Å². The van der Waals surface area contributed by atoms with Gasteiger partial charge in [-0.25, -0.2) is 9.79 Å². The lowest BCUT2D eigenvalue weighted by atomic mass is 10.1. The third-order valence-electron chi connectivity index (χ3n) is 5.41. The van der Waals surface area contributed by atoms with Crippen molar-refractivity contribution in [2.75, 3.05) is 13.7 Å². The maximum Gasteiger partial charge on any atom is 0.335 e. The lowest BCUT2D eigenvalue weighted by Gasteiger charge is -2.16. The zero-order chi connectivity index (χ0) is 23.5. The van der Waals surface area contributed by atoms with Crippen LogP contribution in [-0.4, -0.2) is 29.8 Å². The van der Waals surface area contributed by atoms with Gasteiger partial charge in [-0.1, -0.05) is 36.4 Å². The van der Waals surface area contributed by atoms with Crippen molar-refractivity contribution in [2.24, 2.45) is 4.99 Å². The van der Waals surface area contributed by atoms with Crippen LogP contribution in [-0.2, 0) is 5.75 Å². The number of carboxylic acid groups (broad SMARTS) is 1. The standard InChI is InChI=1S/C27H21NO5S/c1-31-21-6-4-5-19(13-21)24-14-20(26(33-24)17-9-11-18(12-10-17)27(29)30)16-34-25-15-32-23-8-3-2-7-22(23)28-25/h2-14H,15-16H2,1H3,(H,29,30). The van der Waals surface area contributed by atoms with Crippen molar-refractivity contribution in [2.45, 2.75) is 5.75 Å². The smallest absolute Gasteiger partial charge is 0.335 e. The monoisotopic (exact) mass is 471 g/mol. The second-order valence-corrected chi connectivity index (χ2v) is 8.68. The number of carboxylic acids is 1. The van der Waals surface area contributed by atoms with Crippen molar-refractivity contribution in [3.05, 3.63) is 90.0 Å². The summed E-state index contributed by atoms with van der Waals surface area (Å²) in [4.78, 5) is 16.0. The Morgan fingerprint density at radius 1 is 1.03 bits per heavy atom. The quantitative estimate of drug-likeness (QED) is 0.338. The molecular formula is C27H21NO5S. The zero-order valence-corrected chi connectivity index (χ0v) is 19.2. The van der Waals surface area contributed by atoms with Gasteiger partial charge in [0.1, 0.15) is 40.4 Å². The number of fused-ring (bicyclic) bond motifs is 1. The second kappa shape index (κ2) is 9.49. The number of aliphatic imine (C=N–C) groups is 1. The minimum Gasteiger partial charge on any atom is -0.497 e. The molecule has 0 atom stereocenters. The largest absolute Gasteiger partial charge is 0.497 e. The molecule has 1 aromatic heterocycles. The summed E-state index contributed by atoms with van der Waals surface area (Å²) in [5.74, 6) is 2.58. The van der Waals surface area contributed by atoms with E-state index in [4.69, 9.17) is 18.9 Å². The van der Waals surface area contributed by atoms with Gasteiger partial charge < -0.3 is 19.0 Å². The molecular weight excluding hydrogens is 450 g/mol. The van der Waals surface area contributed by atoms with E-state index in [0.717, 1.165) is 38.9 Å². The Balaban J connectivity index is 1.47. The van der Waals surface area contributed by atoms with Crippen LogP contribution in [0.1, 0.15) is 15.9 Å². The summed E-state index contributed by atoms with van der Waals surface area (Å²) in [7, 11) is 1.63.